The predicted octanol–water partition coefficient (Wildman–Crippen LogP) is 1.76. The van der Waals surface area contributed by atoms with E-state index in [-0.39, 0.29) is 11.9 Å². The van der Waals surface area contributed by atoms with Gasteiger partial charge in [-0.2, -0.15) is 0 Å². The Balaban J connectivity index is 1.20. The molecule has 1 saturated heterocycles. The van der Waals surface area contributed by atoms with E-state index in [0.29, 0.717) is 24.3 Å². The van der Waals surface area contributed by atoms with E-state index in [0.717, 1.165) is 44.6 Å². The van der Waals surface area contributed by atoms with Gasteiger partial charge in [0, 0.05) is 62.2 Å². The molecule has 1 aliphatic heterocycles. The van der Waals surface area contributed by atoms with Crippen molar-refractivity contribution < 1.29 is 14.4 Å². The molecule has 0 unspecified atom stereocenters. The largest absolute Gasteiger partial charge is 0.369 e. The number of benzene rings is 2. The Morgan fingerprint density at radius 1 is 0.939 bits per heavy atom. The van der Waals surface area contributed by atoms with Crippen LogP contribution in [-0.4, -0.2) is 67.9 Å². The Kier molecular flexibility index (Phi) is 7.24. The summed E-state index contributed by atoms with van der Waals surface area (Å²) in [6, 6.07) is 15.7. The highest BCUT2D eigenvalue weighted by Gasteiger charge is 2.24. The highest BCUT2D eigenvalue weighted by molar-refractivity contribution is 6.39. The van der Waals surface area contributed by atoms with E-state index in [1.807, 2.05) is 25.1 Å². The molecule has 8 heteroatoms. The zero-order valence-corrected chi connectivity index (χ0v) is 19.0. The van der Waals surface area contributed by atoms with Gasteiger partial charge in [0.05, 0.1) is 0 Å². The van der Waals surface area contributed by atoms with Gasteiger partial charge in [-0.15, -0.1) is 0 Å². The van der Waals surface area contributed by atoms with Crippen LogP contribution in [0.2, 0.25) is 0 Å². The number of hydrogen-bond acceptors (Lipinski definition) is 5. The molecule has 1 heterocycles. The van der Waals surface area contributed by atoms with Gasteiger partial charge in [-0.05, 0) is 49.6 Å². The lowest BCUT2D eigenvalue weighted by Gasteiger charge is -2.36. The van der Waals surface area contributed by atoms with Gasteiger partial charge in [-0.1, -0.05) is 24.3 Å². The first-order chi connectivity index (χ1) is 16.0. The van der Waals surface area contributed by atoms with E-state index in [4.69, 9.17) is 0 Å². The molecule has 3 amide bonds. The number of carbonyl (C=O) groups is 3. The molecule has 33 heavy (non-hydrogen) atoms. The fraction of sp³-hybridized carbons (Fsp3) is 0.400. The van der Waals surface area contributed by atoms with Crippen LogP contribution in [0.1, 0.15) is 28.8 Å². The highest BCUT2D eigenvalue weighted by Crippen LogP contribution is 2.21. The number of piperazine rings is 1. The van der Waals surface area contributed by atoms with Gasteiger partial charge >= 0.3 is 11.8 Å². The number of hydrogen-bond donors (Lipinski definition) is 3. The second-order valence-corrected chi connectivity index (χ2v) is 8.65. The Morgan fingerprint density at radius 2 is 1.67 bits per heavy atom. The molecule has 0 atom stereocenters. The van der Waals surface area contributed by atoms with Gasteiger partial charge in [0.2, 0.25) is 0 Å². The zero-order chi connectivity index (χ0) is 23.2. The summed E-state index contributed by atoms with van der Waals surface area (Å²) in [6.07, 6.45) is 2.01. The van der Waals surface area contributed by atoms with Gasteiger partial charge in [0.15, 0.2) is 0 Å². The number of rotatable bonds is 7. The van der Waals surface area contributed by atoms with Crippen LogP contribution >= 0.6 is 0 Å². The molecule has 2 aromatic carbocycles. The summed E-state index contributed by atoms with van der Waals surface area (Å²) in [5.74, 6) is -1.57. The first kappa shape index (κ1) is 22.8. The third-order valence-corrected chi connectivity index (χ3v) is 6.07. The van der Waals surface area contributed by atoms with Crippen LogP contribution < -0.4 is 20.9 Å². The smallest absolute Gasteiger partial charge is 0.313 e. The standard InChI is InChI=1S/C25H31N5O3/c1-18-7-8-19(23(31)27-20-9-10-20)17-22(18)28-25(33)24(32)26-11-12-29-13-15-30(16-14-29)21-5-3-2-4-6-21/h2-8,17,20H,9-16H2,1H3,(H,26,32)(H,27,31)(H,28,33). The molecule has 0 aromatic heterocycles. The summed E-state index contributed by atoms with van der Waals surface area (Å²) in [7, 11) is 0. The molecular formula is C25H31N5O3. The number of aryl methyl sites for hydroxylation is 1. The van der Waals surface area contributed by atoms with Crippen molar-refractivity contribution in [1.29, 1.82) is 0 Å². The van der Waals surface area contributed by atoms with Crippen molar-refractivity contribution >= 4 is 29.1 Å². The minimum Gasteiger partial charge on any atom is -0.369 e. The number of anilines is 2. The lowest BCUT2D eigenvalue weighted by atomic mass is 10.1. The lowest BCUT2D eigenvalue weighted by Crippen LogP contribution is -2.49. The van der Waals surface area contributed by atoms with Crippen LogP contribution in [0, 0.1) is 6.92 Å². The number of para-hydroxylation sites is 1. The topological polar surface area (TPSA) is 93.8 Å². The van der Waals surface area contributed by atoms with Gasteiger partial charge in [-0.25, -0.2) is 0 Å². The number of nitrogens with zero attached hydrogens (tertiary/aromatic N) is 2. The molecule has 174 valence electrons. The van der Waals surface area contributed by atoms with Crippen molar-refractivity contribution in [3.05, 3.63) is 59.7 Å². The van der Waals surface area contributed by atoms with Crippen molar-refractivity contribution in [2.75, 3.05) is 49.5 Å². The third kappa shape index (κ3) is 6.32. The van der Waals surface area contributed by atoms with Crippen molar-refractivity contribution in [3.8, 4) is 0 Å². The monoisotopic (exact) mass is 449 g/mol. The summed E-state index contributed by atoms with van der Waals surface area (Å²) in [5, 5.41) is 8.26. The maximum atomic E-state index is 12.4. The molecule has 0 spiro atoms. The molecule has 8 nitrogen and oxygen atoms in total. The number of nitrogens with one attached hydrogen (secondary N) is 3. The maximum Gasteiger partial charge on any atom is 0.313 e. The minimum absolute atomic E-state index is 0.162. The molecule has 2 aliphatic rings. The molecule has 2 aromatic rings. The van der Waals surface area contributed by atoms with Crippen molar-refractivity contribution in [1.82, 2.24) is 15.5 Å². The van der Waals surface area contributed by atoms with Crippen LogP contribution in [0.25, 0.3) is 0 Å². The van der Waals surface area contributed by atoms with Crippen molar-refractivity contribution in [2.24, 2.45) is 0 Å². The lowest BCUT2D eigenvalue weighted by molar-refractivity contribution is -0.136. The van der Waals surface area contributed by atoms with Crippen LogP contribution in [0.3, 0.4) is 0 Å². The van der Waals surface area contributed by atoms with E-state index in [9.17, 15) is 14.4 Å². The zero-order valence-electron chi connectivity index (χ0n) is 19.0. The molecule has 3 N–H and O–H groups in total. The molecule has 4 rings (SSSR count). The molecule has 0 bridgehead atoms. The normalized spacial score (nSPS) is 16.2. The molecule has 2 fully saturated rings. The number of amides is 3. The fourth-order valence-corrected chi connectivity index (χ4v) is 3.85. The first-order valence-electron chi connectivity index (χ1n) is 11.5. The molecule has 1 aliphatic carbocycles. The molecular weight excluding hydrogens is 418 g/mol. The Hall–Kier alpha value is -3.39. The third-order valence-electron chi connectivity index (χ3n) is 6.07. The molecule has 1 saturated carbocycles. The van der Waals surface area contributed by atoms with Gasteiger partial charge in [0.1, 0.15) is 0 Å². The van der Waals surface area contributed by atoms with Gasteiger partial charge in [-0.3, -0.25) is 19.3 Å². The van der Waals surface area contributed by atoms with E-state index in [1.54, 1.807) is 18.2 Å². The van der Waals surface area contributed by atoms with Crippen LogP contribution in [0.5, 0.6) is 0 Å². The van der Waals surface area contributed by atoms with Crippen LogP contribution in [0.4, 0.5) is 11.4 Å². The van der Waals surface area contributed by atoms with E-state index in [2.05, 4.69) is 37.9 Å². The van der Waals surface area contributed by atoms with Gasteiger partial charge in [0.25, 0.3) is 5.91 Å². The average Bonchev–Trinajstić information content (AvgIpc) is 3.65. The average molecular weight is 450 g/mol. The fourth-order valence-electron chi connectivity index (χ4n) is 3.85. The summed E-state index contributed by atoms with van der Waals surface area (Å²) in [5.41, 5.74) is 2.95. The maximum absolute atomic E-state index is 12.4. The van der Waals surface area contributed by atoms with E-state index < -0.39 is 11.8 Å². The van der Waals surface area contributed by atoms with Gasteiger partial charge < -0.3 is 20.9 Å². The summed E-state index contributed by atoms with van der Waals surface area (Å²) in [6.45, 7) is 6.60. The van der Waals surface area contributed by atoms with E-state index >= 15 is 0 Å². The van der Waals surface area contributed by atoms with Crippen molar-refractivity contribution in [2.45, 2.75) is 25.8 Å². The SMILES string of the molecule is Cc1ccc(C(=O)NC2CC2)cc1NC(=O)C(=O)NCCN1CCN(c2ccccc2)CC1. The predicted molar refractivity (Wildman–Crippen MR) is 128 cm³/mol. The quantitative estimate of drug-likeness (QED) is 0.560. The van der Waals surface area contributed by atoms with E-state index in [1.165, 1.54) is 5.69 Å². The summed E-state index contributed by atoms with van der Waals surface area (Å²) in [4.78, 5) is 41.5. The second-order valence-electron chi connectivity index (χ2n) is 8.65. The van der Waals surface area contributed by atoms with Crippen LogP contribution in [0.15, 0.2) is 48.5 Å². The minimum atomic E-state index is -0.730. The Bertz CT molecular complexity index is 998. The number of carbonyl (C=O) groups excluding carboxylic acids is 3. The summed E-state index contributed by atoms with van der Waals surface area (Å²) < 4.78 is 0. The molecule has 0 radical (unpaired) electrons. The first-order valence-corrected chi connectivity index (χ1v) is 11.5. The summed E-state index contributed by atoms with van der Waals surface area (Å²) >= 11 is 0. The van der Waals surface area contributed by atoms with Crippen molar-refractivity contribution in [3.63, 3.8) is 0 Å². The Labute approximate surface area is 194 Å². The second kappa shape index (κ2) is 10.5. The highest BCUT2D eigenvalue weighted by atomic mass is 16.2. The van der Waals surface area contributed by atoms with Crippen LogP contribution in [-0.2, 0) is 9.59 Å². The Morgan fingerprint density at radius 3 is 2.36 bits per heavy atom.